The minimum atomic E-state index is -0.946. The first-order valence-electron chi connectivity index (χ1n) is 13.1. The Balaban J connectivity index is 1.60. The largest absolute Gasteiger partial charge is 0.497 e. The van der Waals surface area contributed by atoms with Crippen LogP contribution in [-0.2, 0) is 30.9 Å². The number of carbonyl (C=O) groups is 3. The fraction of sp³-hybridized carbons (Fsp3) is 0.679. The molecule has 0 radical (unpaired) electrons. The Bertz CT molecular complexity index is 1080. The van der Waals surface area contributed by atoms with Crippen LogP contribution in [-0.4, -0.2) is 66.2 Å². The van der Waals surface area contributed by atoms with Crippen molar-refractivity contribution in [2.24, 2.45) is 5.92 Å². The molecular formula is C28H38N2O6. The molecule has 4 unspecified atom stereocenters. The van der Waals surface area contributed by atoms with Crippen molar-refractivity contribution in [2.75, 3.05) is 20.2 Å². The molecule has 1 amide bonds. The van der Waals surface area contributed by atoms with E-state index in [1.54, 1.807) is 27.9 Å². The number of alkyl carbamates (subject to hydrolysis) is 1. The van der Waals surface area contributed by atoms with Gasteiger partial charge in [0.25, 0.3) is 0 Å². The van der Waals surface area contributed by atoms with Gasteiger partial charge >= 0.3 is 12.1 Å². The first kappa shape index (κ1) is 25.1. The lowest BCUT2D eigenvalue weighted by Crippen LogP contribution is -2.77. The Hall–Kier alpha value is -2.61. The Labute approximate surface area is 213 Å². The maximum atomic E-state index is 13.7. The predicted octanol–water partition coefficient (Wildman–Crippen LogP) is 3.53. The molecule has 2 saturated carbocycles. The number of Topliss-reactive ketones (excluding diaryl/α,β-unsaturated/α-hetero) is 1. The highest BCUT2D eigenvalue weighted by molar-refractivity contribution is 5.91. The summed E-state index contributed by atoms with van der Waals surface area (Å²) in [6.45, 7) is 8.62. The quantitative estimate of drug-likeness (QED) is 0.621. The first-order valence-corrected chi connectivity index (χ1v) is 13.1. The summed E-state index contributed by atoms with van der Waals surface area (Å²) in [5.74, 6) is 0.966. The fourth-order valence-electron chi connectivity index (χ4n) is 6.88. The van der Waals surface area contributed by atoms with Gasteiger partial charge in [0.1, 0.15) is 17.0 Å². The number of methoxy groups -OCH3 is 1. The van der Waals surface area contributed by atoms with Gasteiger partial charge < -0.3 is 19.5 Å². The van der Waals surface area contributed by atoms with Crippen molar-refractivity contribution in [3.8, 4) is 5.75 Å². The van der Waals surface area contributed by atoms with E-state index in [2.05, 4.69) is 16.3 Å². The average Bonchev–Trinajstić information content (AvgIpc) is 3.59. The van der Waals surface area contributed by atoms with Crippen LogP contribution in [0.15, 0.2) is 18.2 Å². The zero-order valence-corrected chi connectivity index (χ0v) is 22.0. The van der Waals surface area contributed by atoms with E-state index < -0.39 is 28.8 Å². The van der Waals surface area contributed by atoms with Crippen LogP contribution in [0, 0.1) is 5.92 Å². The molecule has 4 aliphatic rings. The van der Waals surface area contributed by atoms with E-state index in [1.165, 1.54) is 25.3 Å². The van der Waals surface area contributed by atoms with Crippen molar-refractivity contribution < 1.29 is 28.6 Å². The van der Waals surface area contributed by atoms with Crippen LogP contribution in [0.5, 0.6) is 5.75 Å². The summed E-state index contributed by atoms with van der Waals surface area (Å²) in [5.41, 5.74) is -0.0906. The second-order valence-corrected chi connectivity index (χ2v) is 12.0. The van der Waals surface area contributed by atoms with Crippen molar-refractivity contribution in [1.29, 1.82) is 0 Å². The Morgan fingerprint density at radius 3 is 2.61 bits per heavy atom. The van der Waals surface area contributed by atoms with Crippen LogP contribution < -0.4 is 10.1 Å². The summed E-state index contributed by atoms with van der Waals surface area (Å²) in [7, 11) is 1.63. The lowest BCUT2D eigenvalue weighted by Gasteiger charge is -2.65. The Kier molecular flexibility index (Phi) is 6.09. The first-order chi connectivity index (χ1) is 17.0. The fourth-order valence-corrected chi connectivity index (χ4v) is 6.88. The van der Waals surface area contributed by atoms with Crippen LogP contribution in [0.2, 0.25) is 0 Å². The number of fused-ring (bicyclic) bond motifs is 1. The Morgan fingerprint density at radius 2 is 1.97 bits per heavy atom. The number of carbonyl (C=O) groups excluding carboxylic acids is 3. The van der Waals surface area contributed by atoms with E-state index >= 15 is 0 Å². The zero-order valence-electron chi connectivity index (χ0n) is 22.0. The molecular weight excluding hydrogens is 460 g/mol. The van der Waals surface area contributed by atoms with E-state index in [0.717, 1.165) is 24.4 Å². The number of ketones is 1. The summed E-state index contributed by atoms with van der Waals surface area (Å²) in [4.78, 5) is 41.5. The maximum Gasteiger partial charge on any atom is 0.408 e. The van der Waals surface area contributed by atoms with Crippen molar-refractivity contribution in [3.63, 3.8) is 0 Å². The lowest BCUT2D eigenvalue weighted by molar-refractivity contribution is -0.207. The SMILES string of the molecule is COc1ccc2c(c1)C13CCN(CC4CC4)C(C2)C1(OC(C)=O)CC(NC(=O)OC(C)(C)C)C(=O)C3. The minimum absolute atomic E-state index is 0.0614. The zero-order chi connectivity index (χ0) is 25.9. The molecule has 5 rings (SSSR count). The van der Waals surface area contributed by atoms with E-state index in [0.29, 0.717) is 18.8 Å². The van der Waals surface area contributed by atoms with Gasteiger partial charge in [-0.15, -0.1) is 0 Å². The summed E-state index contributed by atoms with van der Waals surface area (Å²) in [6, 6.07) is 5.22. The molecule has 2 bridgehead atoms. The third-order valence-corrected chi connectivity index (χ3v) is 8.44. The van der Waals surface area contributed by atoms with Gasteiger partial charge in [-0.25, -0.2) is 4.79 Å². The maximum absolute atomic E-state index is 13.7. The predicted molar refractivity (Wildman–Crippen MR) is 133 cm³/mol. The molecule has 0 aromatic heterocycles. The lowest BCUT2D eigenvalue weighted by atomic mass is 9.48. The molecule has 196 valence electrons. The van der Waals surface area contributed by atoms with Gasteiger partial charge in [-0.3, -0.25) is 14.5 Å². The van der Waals surface area contributed by atoms with Crippen LogP contribution in [0.25, 0.3) is 0 Å². The monoisotopic (exact) mass is 498 g/mol. The Morgan fingerprint density at radius 1 is 1.22 bits per heavy atom. The second kappa shape index (κ2) is 8.75. The number of esters is 1. The third kappa shape index (κ3) is 4.27. The minimum Gasteiger partial charge on any atom is -0.497 e. The van der Waals surface area contributed by atoms with Crippen molar-refractivity contribution in [3.05, 3.63) is 29.3 Å². The highest BCUT2D eigenvalue weighted by atomic mass is 16.6. The number of amides is 1. The summed E-state index contributed by atoms with van der Waals surface area (Å²) in [5, 5.41) is 2.81. The molecule has 8 heteroatoms. The highest BCUT2D eigenvalue weighted by Gasteiger charge is 2.69. The van der Waals surface area contributed by atoms with Gasteiger partial charge in [0.05, 0.1) is 19.2 Å². The molecule has 4 atom stereocenters. The van der Waals surface area contributed by atoms with Gasteiger partial charge in [0.2, 0.25) is 0 Å². The number of ether oxygens (including phenoxy) is 3. The van der Waals surface area contributed by atoms with Gasteiger partial charge in [-0.05, 0) is 82.2 Å². The molecule has 1 heterocycles. The van der Waals surface area contributed by atoms with Crippen LogP contribution in [0.1, 0.15) is 70.9 Å². The summed E-state index contributed by atoms with van der Waals surface area (Å²) >= 11 is 0. The molecule has 1 aromatic carbocycles. The standard InChI is InChI=1S/C28H38N2O6/c1-17(31)35-28-14-22(29-25(33)36-26(2,3)4)23(32)15-27(28)10-11-30(16-18-6-7-18)24(28)12-19-8-9-20(34-5)13-21(19)27/h8-9,13,18,22,24H,6-7,10-12,14-16H2,1-5H3,(H,29,33). The van der Waals surface area contributed by atoms with E-state index in [4.69, 9.17) is 14.2 Å². The number of hydrogen-bond donors (Lipinski definition) is 1. The normalized spacial score (nSPS) is 31.6. The second-order valence-electron chi connectivity index (χ2n) is 12.0. The molecule has 1 N–H and O–H groups in total. The number of rotatable bonds is 5. The van der Waals surface area contributed by atoms with Crippen LogP contribution in [0.3, 0.4) is 0 Å². The third-order valence-electron chi connectivity index (χ3n) is 8.44. The number of hydrogen-bond acceptors (Lipinski definition) is 7. The van der Waals surface area contributed by atoms with Gasteiger partial charge in [0, 0.05) is 31.7 Å². The highest BCUT2D eigenvalue weighted by Crippen LogP contribution is 2.60. The molecule has 8 nitrogen and oxygen atoms in total. The van der Waals surface area contributed by atoms with E-state index in [1.807, 2.05) is 12.1 Å². The van der Waals surface area contributed by atoms with Gasteiger partial charge in [0.15, 0.2) is 5.78 Å². The van der Waals surface area contributed by atoms with Crippen molar-refractivity contribution >= 4 is 17.8 Å². The van der Waals surface area contributed by atoms with Crippen LogP contribution >= 0.6 is 0 Å². The number of piperidine rings is 1. The topological polar surface area (TPSA) is 94.2 Å². The number of likely N-dealkylation sites (tertiary alicyclic amines) is 1. The summed E-state index contributed by atoms with van der Waals surface area (Å²) < 4.78 is 17.4. The average molecular weight is 499 g/mol. The smallest absolute Gasteiger partial charge is 0.408 e. The molecule has 36 heavy (non-hydrogen) atoms. The number of benzene rings is 1. The van der Waals surface area contributed by atoms with E-state index in [9.17, 15) is 14.4 Å². The van der Waals surface area contributed by atoms with Gasteiger partial charge in [-0.1, -0.05) is 6.07 Å². The summed E-state index contributed by atoms with van der Waals surface area (Å²) in [6.07, 6.45) is 3.66. The number of nitrogens with zero attached hydrogens (tertiary/aromatic N) is 1. The molecule has 1 aliphatic heterocycles. The molecule has 3 aliphatic carbocycles. The molecule has 1 aromatic rings. The van der Waals surface area contributed by atoms with E-state index in [-0.39, 0.29) is 30.6 Å². The van der Waals surface area contributed by atoms with Crippen LogP contribution in [0.4, 0.5) is 4.79 Å². The van der Waals surface area contributed by atoms with Gasteiger partial charge in [-0.2, -0.15) is 0 Å². The molecule has 3 fully saturated rings. The van der Waals surface area contributed by atoms with Crippen molar-refractivity contribution in [2.45, 2.75) is 94.9 Å². The number of nitrogens with one attached hydrogen (secondary N) is 1. The van der Waals surface area contributed by atoms with Crippen molar-refractivity contribution in [1.82, 2.24) is 10.2 Å². The molecule has 0 spiro atoms. The molecule has 1 saturated heterocycles.